The third-order valence-electron chi connectivity index (χ3n) is 2.26. The molecule has 0 spiro atoms. The van der Waals surface area contributed by atoms with Crippen LogP contribution in [0.25, 0.3) is 0 Å². The Bertz CT molecular complexity index is 371. The molecule has 0 N–H and O–H groups in total. The molecule has 0 fully saturated rings. The number of hydrogen-bond acceptors (Lipinski definition) is 2. The third-order valence-corrected chi connectivity index (χ3v) is 2.26. The van der Waals surface area contributed by atoms with Crippen molar-refractivity contribution in [3.8, 4) is 5.75 Å². The van der Waals surface area contributed by atoms with Gasteiger partial charge in [-0.05, 0) is 57.9 Å². The molecule has 0 atom stereocenters. The first-order valence-corrected chi connectivity index (χ1v) is 5.55. The zero-order chi connectivity index (χ0) is 12.3. The van der Waals surface area contributed by atoms with E-state index in [2.05, 4.69) is 6.07 Å². The Labute approximate surface area is 97.6 Å². The number of hydrogen-bond donors (Lipinski definition) is 0. The molecule has 0 unspecified atom stereocenters. The second kappa shape index (κ2) is 4.69. The van der Waals surface area contributed by atoms with Crippen LogP contribution in [0.3, 0.4) is 0 Å². The molecule has 0 aliphatic heterocycles. The first-order valence-electron chi connectivity index (χ1n) is 5.55. The quantitative estimate of drug-likeness (QED) is 0.777. The fourth-order valence-corrected chi connectivity index (χ4v) is 1.95. The van der Waals surface area contributed by atoms with Crippen molar-refractivity contribution < 1.29 is 9.53 Å². The van der Waals surface area contributed by atoms with E-state index in [-0.39, 0.29) is 5.78 Å². The predicted octanol–water partition coefficient (Wildman–Crippen LogP) is 3.44. The van der Waals surface area contributed by atoms with Crippen LogP contribution in [0.4, 0.5) is 0 Å². The molecule has 1 rings (SSSR count). The van der Waals surface area contributed by atoms with Gasteiger partial charge in [0.2, 0.25) is 0 Å². The molecule has 0 bridgehead atoms. The van der Waals surface area contributed by atoms with Crippen molar-refractivity contribution >= 4 is 5.78 Å². The van der Waals surface area contributed by atoms with E-state index in [0.29, 0.717) is 6.42 Å². The highest BCUT2D eigenvalue weighted by Gasteiger charge is 2.22. The summed E-state index contributed by atoms with van der Waals surface area (Å²) in [6, 6.07) is 6.09. The van der Waals surface area contributed by atoms with Crippen LogP contribution in [0.1, 0.15) is 38.3 Å². The van der Waals surface area contributed by atoms with Crippen LogP contribution in [-0.2, 0) is 4.79 Å². The van der Waals surface area contributed by atoms with Crippen molar-refractivity contribution in [3.05, 3.63) is 29.3 Å². The SMILES string of the molecule is CC(=O)CC(C)(C)Oc1cc(C)cc(C)c1. The minimum Gasteiger partial charge on any atom is -0.487 e. The van der Waals surface area contributed by atoms with E-state index in [4.69, 9.17) is 4.74 Å². The second-order valence-electron chi connectivity index (χ2n) is 5.06. The van der Waals surface area contributed by atoms with Crippen molar-refractivity contribution in [2.45, 2.75) is 46.6 Å². The van der Waals surface area contributed by atoms with Crippen LogP contribution in [0.5, 0.6) is 5.75 Å². The maximum absolute atomic E-state index is 11.1. The van der Waals surface area contributed by atoms with E-state index in [9.17, 15) is 4.79 Å². The molecule has 0 amide bonds. The Kier molecular flexibility index (Phi) is 3.74. The monoisotopic (exact) mass is 220 g/mol. The van der Waals surface area contributed by atoms with Gasteiger partial charge in [0.25, 0.3) is 0 Å². The maximum Gasteiger partial charge on any atom is 0.133 e. The lowest BCUT2D eigenvalue weighted by Crippen LogP contribution is -2.30. The number of ether oxygens (including phenoxy) is 1. The molecule has 0 saturated carbocycles. The Morgan fingerprint density at radius 3 is 2.12 bits per heavy atom. The summed E-state index contributed by atoms with van der Waals surface area (Å²) in [5.74, 6) is 0.984. The van der Waals surface area contributed by atoms with Gasteiger partial charge in [-0.3, -0.25) is 4.79 Å². The number of rotatable bonds is 4. The fraction of sp³-hybridized carbons (Fsp3) is 0.500. The number of carbonyl (C=O) groups excluding carboxylic acids is 1. The Morgan fingerprint density at radius 2 is 1.69 bits per heavy atom. The van der Waals surface area contributed by atoms with Crippen molar-refractivity contribution in [1.29, 1.82) is 0 Å². The maximum atomic E-state index is 11.1. The lowest BCUT2D eigenvalue weighted by Gasteiger charge is -2.25. The van der Waals surface area contributed by atoms with Gasteiger partial charge in [-0.15, -0.1) is 0 Å². The highest BCUT2D eigenvalue weighted by molar-refractivity contribution is 5.76. The van der Waals surface area contributed by atoms with Gasteiger partial charge >= 0.3 is 0 Å². The minimum absolute atomic E-state index is 0.148. The van der Waals surface area contributed by atoms with Gasteiger partial charge < -0.3 is 4.74 Å². The molecule has 0 aliphatic carbocycles. The molecule has 0 aromatic heterocycles. The van der Waals surface area contributed by atoms with Gasteiger partial charge in [0.15, 0.2) is 0 Å². The zero-order valence-corrected chi connectivity index (χ0v) is 10.8. The molecule has 88 valence electrons. The summed E-state index contributed by atoms with van der Waals surface area (Å²) in [5.41, 5.74) is 1.91. The minimum atomic E-state index is -0.438. The number of benzene rings is 1. The van der Waals surface area contributed by atoms with Gasteiger partial charge in [0, 0.05) is 6.42 Å². The van der Waals surface area contributed by atoms with Crippen LogP contribution in [0.15, 0.2) is 18.2 Å². The summed E-state index contributed by atoms with van der Waals surface area (Å²) in [6.07, 6.45) is 0.431. The normalized spacial score (nSPS) is 11.3. The lowest BCUT2D eigenvalue weighted by atomic mass is 10.0. The summed E-state index contributed by atoms with van der Waals surface area (Å²) in [4.78, 5) is 11.1. The number of aryl methyl sites for hydroxylation is 2. The standard InChI is InChI=1S/C14H20O2/c1-10-6-11(2)8-13(7-10)16-14(4,5)9-12(3)15/h6-8H,9H2,1-5H3. The molecule has 1 aromatic carbocycles. The summed E-state index contributed by atoms with van der Waals surface area (Å²) in [5, 5.41) is 0. The Balaban J connectivity index is 2.83. The highest BCUT2D eigenvalue weighted by Crippen LogP contribution is 2.23. The van der Waals surface area contributed by atoms with E-state index >= 15 is 0 Å². The van der Waals surface area contributed by atoms with Crippen LogP contribution in [0, 0.1) is 13.8 Å². The van der Waals surface area contributed by atoms with E-state index in [1.165, 1.54) is 11.1 Å². The molecule has 0 aliphatic rings. The fourth-order valence-electron chi connectivity index (χ4n) is 1.95. The van der Waals surface area contributed by atoms with Crippen LogP contribution < -0.4 is 4.74 Å². The van der Waals surface area contributed by atoms with E-state index < -0.39 is 5.60 Å². The topological polar surface area (TPSA) is 26.3 Å². The first-order chi connectivity index (χ1) is 7.28. The van der Waals surface area contributed by atoms with Crippen LogP contribution in [0.2, 0.25) is 0 Å². The zero-order valence-electron chi connectivity index (χ0n) is 10.8. The van der Waals surface area contributed by atoms with Crippen LogP contribution in [-0.4, -0.2) is 11.4 Å². The van der Waals surface area contributed by atoms with Crippen molar-refractivity contribution in [2.24, 2.45) is 0 Å². The molecule has 16 heavy (non-hydrogen) atoms. The van der Waals surface area contributed by atoms with Crippen LogP contribution >= 0.6 is 0 Å². The highest BCUT2D eigenvalue weighted by atomic mass is 16.5. The molecule has 1 aromatic rings. The average Bonchev–Trinajstić information content (AvgIpc) is 1.95. The number of carbonyl (C=O) groups is 1. The van der Waals surface area contributed by atoms with Crippen molar-refractivity contribution in [3.63, 3.8) is 0 Å². The number of Topliss-reactive ketones (excluding diaryl/α,β-unsaturated/α-hetero) is 1. The first kappa shape index (κ1) is 12.8. The molecule has 2 heteroatoms. The Hall–Kier alpha value is -1.31. The van der Waals surface area contributed by atoms with Gasteiger partial charge in [0.1, 0.15) is 17.1 Å². The van der Waals surface area contributed by atoms with Gasteiger partial charge in [-0.25, -0.2) is 0 Å². The molecule has 2 nitrogen and oxygen atoms in total. The van der Waals surface area contributed by atoms with Gasteiger partial charge in [0.05, 0.1) is 0 Å². The molecular formula is C14H20O2. The van der Waals surface area contributed by atoms with Gasteiger partial charge in [-0.1, -0.05) is 6.07 Å². The molecule has 0 radical (unpaired) electrons. The lowest BCUT2D eigenvalue weighted by molar-refractivity contribution is -0.120. The summed E-state index contributed by atoms with van der Waals surface area (Å²) >= 11 is 0. The number of ketones is 1. The summed E-state index contributed by atoms with van der Waals surface area (Å²) in [7, 11) is 0. The van der Waals surface area contributed by atoms with E-state index in [0.717, 1.165) is 5.75 Å². The van der Waals surface area contributed by atoms with Gasteiger partial charge in [-0.2, -0.15) is 0 Å². The average molecular weight is 220 g/mol. The molecular weight excluding hydrogens is 200 g/mol. The van der Waals surface area contributed by atoms with Crippen molar-refractivity contribution in [1.82, 2.24) is 0 Å². The third kappa shape index (κ3) is 4.05. The second-order valence-corrected chi connectivity index (χ2v) is 5.06. The predicted molar refractivity (Wildman–Crippen MR) is 65.9 cm³/mol. The largest absolute Gasteiger partial charge is 0.487 e. The van der Waals surface area contributed by atoms with E-state index in [1.807, 2.05) is 39.8 Å². The smallest absolute Gasteiger partial charge is 0.133 e. The summed E-state index contributed by atoms with van der Waals surface area (Å²) < 4.78 is 5.85. The van der Waals surface area contributed by atoms with E-state index in [1.54, 1.807) is 6.92 Å². The summed E-state index contributed by atoms with van der Waals surface area (Å²) in [6.45, 7) is 9.54. The molecule has 0 heterocycles. The van der Waals surface area contributed by atoms with Crippen molar-refractivity contribution in [2.75, 3.05) is 0 Å². The Morgan fingerprint density at radius 1 is 1.19 bits per heavy atom. The molecule has 0 saturated heterocycles.